The van der Waals surface area contributed by atoms with E-state index in [1.165, 1.54) is 16.1 Å². The molecule has 1 fully saturated rings. The maximum Gasteiger partial charge on any atom is 0.287 e. The molecule has 9 heteroatoms. The second kappa shape index (κ2) is 9.23. The Labute approximate surface area is 182 Å². The molecule has 0 unspecified atom stereocenters. The van der Waals surface area contributed by atoms with E-state index < -0.39 is 10.0 Å². The van der Waals surface area contributed by atoms with Crippen molar-refractivity contribution in [2.45, 2.75) is 37.0 Å². The number of aryl methyl sites for hydroxylation is 2. The van der Waals surface area contributed by atoms with Gasteiger partial charge in [0.2, 0.25) is 15.9 Å². The number of amides is 2. The lowest BCUT2D eigenvalue weighted by atomic mass is 9.97. The van der Waals surface area contributed by atoms with Crippen LogP contribution in [0.1, 0.15) is 40.9 Å². The lowest BCUT2D eigenvalue weighted by molar-refractivity contribution is -0.126. The topological polar surface area (TPSA) is 109 Å². The van der Waals surface area contributed by atoms with Gasteiger partial charge in [-0.1, -0.05) is 6.07 Å². The third-order valence-electron chi connectivity index (χ3n) is 5.99. The number of hydrogen-bond donors (Lipinski definition) is 2. The van der Waals surface area contributed by atoms with Crippen LogP contribution < -0.4 is 10.6 Å². The number of hydrogen-bond acceptors (Lipinski definition) is 5. The molecule has 0 radical (unpaired) electrons. The highest BCUT2D eigenvalue weighted by molar-refractivity contribution is 7.89. The van der Waals surface area contributed by atoms with Gasteiger partial charge >= 0.3 is 0 Å². The van der Waals surface area contributed by atoms with E-state index in [1.54, 1.807) is 18.2 Å². The van der Waals surface area contributed by atoms with Crippen molar-refractivity contribution in [1.29, 1.82) is 0 Å². The van der Waals surface area contributed by atoms with E-state index in [0.717, 1.165) is 24.8 Å². The molecule has 1 aliphatic carbocycles. The minimum atomic E-state index is -3.54. The molecule has 4 rings (SSSR count). The SMILES string of the molecule is O=C(NCCNC(=O)C1CCN(S(=O)(=O)c2ccc3c(c2)CCC3)CC1)c1ccco1. The summed E-state index contributed by atoms with van der Waals surface area (Å²) in [7, 11) is -3.54. The van der Waals surface area contributed by atoms with Crippen LogP contribution >= 0.6 is 0 Å². The van der Waals surface area contributed by atoms with Crippen molar-refractivity contribution < 1.29 is 22.4 Å². The molecule has 0 atom stereocenters. The van der Waals surface area contributed by atoms with Crippen LogP contribution in [0.3, 0.4) is 0 Å². The molecular weight excluding hydrogens is 418 g/mol. The maximum absolute atomic E-state index is 13.0. The van der Waals surface area contributed by atoms with Gasteiger partial charge in [0.15, 0.2) is 5.76 Å². The fourth-order valence-electron chi connectivity index (χ4n) is 4.22. The summed E-state index contributed by atoms with van der Waals surface area (Å²) in [6.07, 6.45) is 5.41. The molecule has 1 aliphatic heterocycles. The van der Waals surface area contributed by atoms with Crippen molar-refractivity contribution in [3.8, 4) is 0 Å². The van der Waals surface area contributed by atoms with Gasteiger partial charge in [-0.2, -0.15) is 4.31 Å². The molecule has 1 aromatic carbocycles. The fourth-order valence-corrected chi connectivity index (χ4v) is 5.74. The minimum Gasteiger partial charge on any atom is -0.459 e. The quantitative estimate of drug-likeness (QED) is 0.631. The Morgan fingerprint density at radius 1 is 1.03 bits per heavy atom. The lowest BCUT2D eigenvalue weighted by Gasteiger charge is -2.30. The number of carbonyl (C=O) groups excluding carboxylic acids is 2. The molecule has 1 aromatic heterocycles. The number of sulfonamides is 1. The summed E-state index contributed by atoms with van der Waals surface area (Å²) in [6, 6.07) is 8.65. The highest BCUT2D eigenvalue weighted by atomic mass is 32.2. The summed E-state index contributed by atoms with van der Waals surface area (Å²) in [5, 5.41) is 5.49. The van der Waals surface area contributed by atoms with Crippen molar-refractivity contribution in [1.82, 2.24) is 14.9 Å². The summed E-state index contributed by atoms with van der Waals surface area (Å²) in [5.41, 5.74) is 2.38. The molecule has 0 saturated carbocycles. The zero-order valence-electron chi connectivity index (χ0n) is 17.3. The molecule has 1 saturated heterocycles. The van der Waals surface area contributed by atoms with Crippen LogP contribution in [-0.4, -0.2) is 50.7 Å². The third-order valence-corrected chi connectivity index (χ3v) is 7.88. The number of rotatable bonds is 7. The molecule has 0 bridgehead atoms. The monoisotopic (exact) mass is 445 g/mol. The molecule has 0 spiro atoms. The highest BCUT2D eigenvalue weighted by Gasteiger charge is 2.32. The normalized spacial score (nSPS) is 17.3. The largest absolute Gasteiger partial charge is 0.459 e. The van der Waals surface area contributed by atoms with Gasteiger partial charge in [0.25, 0.3) is 5.91 Å². The van der Waals surface area contributed by atoms with E-state index in [4.69, 9.17) is 4.42 Å². The molecule has 2 amide bonds. The Morgan fingerprint density at radius 2 is 1.77 bits per heavy atom. The average molecular weight is 446 g/mol. The van der Waals surface area contributed by atoms with Crippen molar-refractivity contribution in [3.63, 3.8) is 0 Å². The van der Waals surface area contributed by atoms with Gasteiger partial charge in [-0.15, -0.1) is 0 Å². The van der Waals surface area contributed by atoms with Gasteiger partial charge in [0.1, 0.15) is 0 Å². The number of nitrogens with one attached hydrogen (secondary N) is 2. The molecule has 2 N–H and O–H groups in total. The first-order valence-electron chi connectivity index (χ1n) is 10.7. The van der Waals surface area contributed by atoms with Crippen LogP contribution in [0.15, 0.2) is 45.9 Å². The Hall–Kier alpha value is -2.65. The number of carbonyl (C=O) groups is 2. The standard InChI is InChI=1S/C22H27N3O5S/c26-21(23-10-11-24-22(27)20-5-2-14-30-20)17-8-12-25(13-9-17)31(28,29)19-7-6-16-3-1-4-18(16)15-19/h2,5-7,14-15,17H,1,3-4,8-13H2,(H,23,26)(H,24,27). The molecule has 8 nitrogen and oxygen atoms in total. The van der Waals surface area contributed by atoms with E-state index in [2.05, 4.69) is 10.6 Å². The van der Waals surface area contributed by atoms with Crippen LogP contribution in [0.4, 0.5) is 0 Å². The third kappa shape index (κ3) is 4.83. The van der Waals surface area contributed by atoms with E-state index in [1.807, 2.05) is 12.1 Å². The van der Waals surface area contributed by atoms with Gasteiger partial charge in [-0.05, 0) is 67.5 Å². The number of piperidine rings is 1. The van der Waals surface area contributed by atoms with Crippen LogP contribution in [-0.2, 0) is 27.7 Å². The Kier molecular flexibility index (Phi) is 6.43. The maximum atomic E-state index is 13.0. The van der Waals surface area contributed by atoms with Crippen LogP contribution in [0.2, 0.25) is 0 Å². The summed E-state index contributed by atoms with van der Waals surface area (Å²) in [5.74, 6) is -0.443. The predicted molar refractivity (Wildman–Crippen MR) is 114 cm³/mol. The van der Waals surface area contributed by atoms with E-state index in [-0.39, 0.29) is 30.0 Å². The smallest absolute Gasteiger partial charge is 0.287 e. The summed E-state index contributed by atoms with van der Waals surface area (Å²) < 4.78 is 32.5. The van der Waals surface area contributed by atoms with E-state index >= 15 is 0 Å². The summed E-state index contributed by atoms with van der Waals surface area (Å²) >= 11 is 0. The number of furan rings is 1. The number of fused-ring (bicyclic) bond motifs is 1. The molecule has 2 aromatic rings. The first-order valence-corrected chi connectivity index (χ1v) is 12.1. The second-order valence-corrected chi connectivity index (χ2v) is 9.92. The van der Waals surface area contributed by atoms with Crippen molar-refractivity contribution in [2.24, 2.45) is 5.92 Å². The Morgan fingerprint density at radius 3 is 2.52 bits per heavy atom. The lowest BCUT2D eigenvalue weighted by Crippen LogP contribution is -2.44. The van der Waals surface area contributed by atoms with Gasteiger partial charge in [0.05, 0.1) is 11.2 Å². The number of benzene rings is 1. The van der Waals surface area contributed by atoms with Crippen LogP contribution in [0.5, 0.6) is 0 Å². The van der Waals surface area contributed by atoms with Crippen molar-refractivity contribution >= 4 is 21.8 Å². The minimum absolute atomic E-state index is 0.109. The zero-order valence-corrected chi connectivity index (χ0v) is 18.1. The average Bonchev–Trinajstić information content (AvgIpc) is 3.48. The first-order chi connectivity index (χ1) is 14.9. The summed E-state index contributed by atoms with van der Waals surface area (Å²) in [4.78, 5) is 24.5. The van der Waals surface area contributed by atoms with Gasteiger partial charge in [0, 0.05) is 32.1 Å². The fraction of sp³-hybridized carbons (Fsp3) is 0.455. The van der Waals surface area contributed by atoms with Crippen LogP contribution in [0.25, 0.3) is 0 Å². The zero-order chi connectivity index (χ0) is 21.8. The van der Waals surface area contributed by atoms with Crippen LogP contribution in [0, 0.1) is 5.92 Å². The van der Waals surface area contributed by atoms with Gasteiger partial charge in [-0.3, -0.25) is 9.59 Å². The predicted octanol–water partition coefficient (Wildman–Crippen LogP) is 1.72. The molecule has 31 heavy (non-hydrogen) atoms. The molecular formula is C22H27N3O5S. The van der Waals surface area contributed by atoms with Gasteiger partial charge in [-0.25, -0.2) is 8.42 Å². The molecule has 2 heterocycles. The summed E-state index contributed by atoms with van der Waals surface area (Å²) in [6.45, 7) is 1.25. The van der Waals surface area contributed by atoms with Crippen molar-refractivity contribution in [2.75, 3.05) is 26.2 Å². The van der Waals surface area contributed by atoms with E-state index in [9.17, 15) is 18.0 Å². The molecule has 2 aliphatic rings. The highest BCUT2D eigenvalue weighted by Crippen LogP contribution is 2.28. The Balaban J connectivity index is 1.23. The van der Waals surface area contributed by atoms with E-state index in [0.29, 0.717) is 37.4 Å². The van der Waals surface area contributed by atoms with Crippen molar-refractivity contribution in [3.05, 3.63) is 53.5 Å². The second-order valence-electron chi connectivity index (χ2n) is 7.99. The first kappa shape index (κ1) is 21.6. The number of nitrogens with zero attached hydrogens (tertiary/aromatic N) is 1. The molecule has 166 valence electrons. The Bertz CT molecular complexity index is 1040. The van der Waals surface area contributed by atoms with Gasteiger partial charge < -0.3 is 15.1 Å².